The van der Waals surface area contributed by atoms with E-state index in [0.717, 1.165) is 88.9 Å². The molecule has 5 aliphatic rings. The number of rotatable bonds is 15. The smallest absolute Gasteiger partial charge is 0.410 e. The largest absolute Gasteiger partial charge is 0.497 e. The minimum atomic E-state index is -1.02. The molecule has 63 heavy (non-hydrogen) atoms. The lowest BCUT2D eigenvalue weighted by molar-refractivity contribution is -0.131. The van der Waals surface area contributed by atoms with Crippen molar-refractivity contribution in [2.75, 3.05) is 27.4 Å². The van der Waals surface area contributed by atoms with E-state index in [1.165, 1.54) is 57.8 Å². The van der Waals surface area contributed by atoms with Crippen LogP contribution >= 0.6 is 0 Å². The Morgan fingerprint density at radius 2 is 1.38 bits per heavy atom. The van der Waals surface area contributed by atoms with Gasteiger partial charge in [-0.2, -0.15) is 0 Å². The summed E-state index contributed by atoms with van der Waals surface area (Å²) in [5, 5.41) is 11.1. The third-order valence-corrected chi connectivity index (χ3v) is 18.4. The standard InChI is InChI=1S/C56H79NO6/c1-9-39(37(2)3)16-15-38(4)50-27-28-51-49-26-21-43-33-48(29-31-54(43,5)52(49)30-32-55(50,51)6)63-53(59)57-35-45(58)34-44(57)36-62-56(40-13-11-10-12-14-40,41-17-22-46(60-7)23-18-41)42-19-24-47(61-8)25-20-42/h10-14,17-20,22-25,37-39,43-45,48-52,58H,9,15-16,21,26-36H2,1-8H3/t38-,39?,43?,44+,45-,48+,49+,50-,51+,52+,54+,55-/m1/s1. The van der Waals surface area contributed by atoms with E-state index >= 15 is 0 Å². The number of ether oxygens (including phenoxy) is 4. The zero-order valence-electron chi connectivity index (χ0n) is 39.9. The number of hydrogen-bond donors (Lipinski definition) is 1. The number of hydrogen-bond acceptors (Lipinski definition) is 6. The first-order valence-electron chi connectivity index (χ1n) is 25.0. The summed E-state index contributed by atoms with van der Waals surface area (Å²) < 4.78 is 24.8. The molecule has 1 saturated heterocycles. The number of carbonyl (C=O) groups is 1. The molecule has 7 nitrogen and oxygen atoms in total. The number of methoxy groups -OCH3 is 2. The molecule has 1 N–H and O–H groups in total. The minimum absolute atomic E-state index is 0.100. The van der Waals surface area contributed by atoms with Crippen LogP contribution in [0.2, 0.25) is 0 Å². The molecule has 1 amide bonds. The summed E-state index contributed by atoms with van der Waals surface area (Å²) in [6, 6.07) is 25.9. The summed E-state index contributed by atoms with van der Waals surface area (Å²) in [5.41, 5.74) is 2.60. The van der Waals surface area contributed by atoms with Gasteiger partial charge in [-0.3, -0.25) is 0 Å². The molecule has 7 heteroatoms. The SMILES string of the molecule is CCC(CC[C@@H](C)[C@H]1CC[C@H]2[C@@H]3CCC4C[C@@H](OC(=O)N5C[C@H](O)C[C@H]5COC(c5ccccc5)(c5ccc(OC)cc5)c5ccc(OC)cc5)CC[C@]4(C)[C@H]3CC[C@]12C)C(C)C. The molecule has 3 aromatic rings. The predicted octanol–water partition coefficient (Wildman–Crippen LogP) is 12.7. The highest BCUT2D eigenvalue weighted by atomic mass is 16.6. The minimum Gasteiger partial charge on any atom is -0.497 e. The van der Waals surface area contributed by atoms with Crippen LogP contribution in [0.5, 0.6) is 11.5 Å². The Labute approximate surface area is 380 Å². The van der Waals surface area contributed by atoms with Gasteiger partial charge in [0.05, 0.1) is 39.5 Å². The van der Waals surface area contributed by atoms with Crippen LogP contribution in [-0.4, -0.2) is 61.7 Å². The van der Waals surface area contributed by atoms with Crippen LogP contribution in [0, 0.1) is 58.2 Å². The van der Waals surface area contributed by atoms with E-state index in [0.29, 0.717) is 23.2 Å². The molecule has 0 aromatic heterocycles. The summed E-state index contributed by atoms with van der Waals surface area (Å²) in [4.78, 5) is 16.1. The predicted molar refractivity (Wildman–Crippen MR) is 252 cm³/mol. The van der Waals surface area contributed by atoms with Gasteiger partial charge in [0.2, 0.25) is 0 Å². The van der Waals surface area contributed by atoms with E-state index < -0.39 is 11.7 Å². The molecule has 0 radical (unpaired) electrons. The number of nitrogens with zero attached hydrogens (tertiary/aromatic N) is 1. The lowest BCUT2D eigenvalue weighted by Crippen LogP contribution is -2.54. The highest BCUT2D eigenvalue weighted by molar-refractivity contribution is 5.69. The van der Waals surface area contributed by atoms with E-state index in [9.17, 15) is 9.90 Å². The Bertz CT molecular complexity index is 1900. The normalized spacial score (nSPS) is 32.6. The Hall–Kier alpha value is -3.55. The van der Waals surface area contributed by atoms with Gasteiger partial charge in [-0.25, -0.2) is 4.79 Å². The highest BCUT2D eigenvalue weighted by Crippen LogP contribution is 2.68. The van der Waals surface area contributed by atoms with Crippen molar-refractivity contribution in [3.05, 3.63) is 95.6 Å². The summed E-state index contributed by atoms with van der Waals surface area (Å²) in [6.45, 7) is 15.6. The van der Waals surface area contributed by atoms with Crippen molar-refractivity contribution in [1.29, 1.82) is 0 Å². The maximum absolute atomic E-state index is 14.3. The Kier molecular flexibility index (Phi) is 14.0. The van der Waals surface area contributed by atoms with Gasteiger partial charge in [0.25, 0.3) is 0 Å². The van der Waals surface area contributed by atoms with Gasteiger partial charge >= 0.3 is 6.09 Å². The van der Waals surface area contributed by atoms with Crippen molar-refractivity contribution in [2.45, 2.75) is 149 Å². The van der Waals surface area contributed by atoms with Crippen LogP contribution in [0.4, 0.5) is 4.79 Å². The average Bonchev–Trinajstić information content (AvgIpc) is 3.86. The molecule has 344 valence electrons. The van der Waals surface area contributed by atoms with Gasteiger partial charge in [0.15, 0.2) is 0 Å². The van der Waals surface area contributed by atoms with Crippen molar-refractivity contribution in [3.63, 3.8) is 0 Å². The second-order valence-corrected chi connectivity index (χ2v) is 21.6. The van der Waals surface area contributed by atoms with Gasteiger partial charge in [-0.05, 0) is 170 Å². The molecular weight excluding hydrogens is 783 g/mol. The molecule has 3 aromatic carbocycles. The Balaban J connectivity index is 0.939. The molecule has 4 aliphatic carbocycles. The number of amides is 1. The fraction of sp³-hybridized carbons (Fsp3) is 0.661. The zero-order valence-corrected chi connectivity index (χ0v) is 39.9. The molecule has 0 spiro atoms. The molecule has 12 atom stereocenters. The van der Waals surface area contributed by atoms with Crippen LogP contribution < -0.4 is 9.47 Å². The number of β-amino-alcohol motifs (C(OH)–C–C–N with tert-alkyl or cyclic N) is 1. The van der Waals surface area contributed by atoms with E-state index in [-0.39, 0.29) is 31.4 Å². The molecule has 1 heterocycles. The number of benzene rings is 3. The Morgan fingerprint density at radius 1 is 0.762 bits per heavy atom. The van der Waals surface area contributed by atoms with Gasteiger partial charge < -0.3 is 29.0 Å². The van der Waals surface area contributed by atoms with E-state index in [2.05, 4.69) is 53.7 Å². The number of aliphatic hydroxyl groups excluding tert-OH is 1. The van der Waals surface area contributed by atoms with Crippen LogP contribution in [-0.2, 0) is 15.1 Å². The van der Waals surface area contributed by atoms with Crippen molar-refractivity contribution < 1.29 is 28.8 Å². The first-order chi connectivity index (χ1) is 30.3. The van der Waals surface area contributed by atoms with Gasteiger partial charge in [-0.1, -0.05) is 109 Å². The number of carbonyl (C=O) groups excluding carboxylic acids is 1. The van der Waals surface area contributed by atoms with Crippen molar-refractivity contribution >= 4 is 6.09 Å². The first kappa shape index (κ1) is 46.0. The molecule has 8 rings (SSSR count). The van der Waals surface area contributed by atoms with E-state index in [1.54, 1.807) is 19.1 Å². The number of aliphatic hydroxyl groups is 1. The van der Waals surface area contributed by atoms with Gasteiger partial charge in [0.1, 0.15) is 23.2 Å². The lowest BCUT2D eigenvalue weighted by atomic mass is 9.44. The van der Waals surface area contributed by atoms with Crippen molar-refractivity contribution in [1.82, 2.24) is 4.90 Å². The molecule has 1 aliphatic heterocycles. The zero-order chi connectivity index (χ0) is 44.5. The van der Waals surface area contributed by atoms with Crippen LogP contribution in [0.1, 0.15) is 142 Å². The summed E-state index contributed by atoms with van der Waals surface area (Å²) in [5.74, 6) is 7.90. The van der Waals surface area contributed by atoms with Crippen LogP contribution in [0.25, 0.3) is 0 Å². The summed E-state index contributed by atoms with van der Waals surface area (Å²) >= 11 is 0. The number of likely N-dealkylation sites (tertiary alicyclic amines) is 1. The third kappa shape index (κ3) is 8.80. The average molecular weight is 862 g/mol. The second kappa shape index (κ2) is 19.1. The monoisotopic (exact) mass is 862 g/mol. The maximum atomic E-state index is 14.3. The summed E-state index contributed by atoms with van der Waals surface area (Å²) in [6.07, 6.45) is 14.6. The van der Waals surface area contributed by atoms with Crippen molar-refractivity contribution in [2.24, 2.45) is 58.2 Å². The quantitative estimate of drug-likeness (QED) is 0.153. The molecule has 2 unspecified atom stereocenters. The Morgan fingerprint density at radius 3 is 2.00 bits per heavy atom. The highest BCUT2D eigenvalue weighted by Gasteiger charge is 2.61. The fourth-order valence-corrected chi connectivity index (χ4v) is 14.8. The third-order valence-electron chi connectivity index (χ3n) is 18.4. The number of fused-ring (bicyclic) bond motifs is 5. The fourth-order valence-electron chi connectivity index (χ4n) is 14.8. The van der Waals surface area contributed by atoms with Gasteiger partial charge in [-0.15, -0.1) is 0 Å². The topological polar surface area (TPSA) is 77.5 Å². The lowest BCUT2D eigenvalue weighted by Gasteiger charge is -2.61. The van der Waals surface area contributed by atoms with Crippen LogP contribution in [0.3, 0.4) is 0 Å². The maximum Gasteiger partial charge on any atom is 0.410 e. The molecule has 0 bridgehead atoms. The molecule has 5 fully saturated rings. The molecule has 4 saturated carbocycles. The van der Waals surface area contributed by atoms with Crippen molar-refractivity contribution in [3.8, 4) is 11.5 Å². The molecular formula is C56H79NO6. The van der Waals surface area contributed by atoms with Crippen LogP contribution in [0.15, 0.2) is 78.9 Å². The summed E-state index contributed by atoms with van der Waals surface area (Å²) in [7, 11) is 3.34. The van der Waals surface area contributed by atoms with E-state index in [1.807, 2.05) is 66.7 Å². The second-order valence-electron chi connectivity index (χ2n) is 21.6. The first-order valence-corrected chi connectivity index (χ1v) is 25.0. The van der Waals surface area contributed by atoms with Gasteiger partial charge in [0, 0.05) is 0 Å². The van der Waals surface area contributed by atoms with E-state index in [4.69, 9.17) is 18.9 Å².